The molecule has 0 radical (unpaired) electrons. The second kappa shape index (κ2) is 19.3. The van der Waals surface area contributed by atoms with Gasteiger partial charge < -0.3 is 29.8 Å². The maximum Gasteiger partial charge on any atom is 0.247 e. The Morgan fingerprint density at radius 1 is 0.684 bits per heavy atom. The van der Waals surface area contributed by atoms with E-state index in [4.69, 9.17) is 0 Å². The summed E-state index contributed by atoms with van der Waals surface area (Å²) in [6.45, 7) is 9.63. The summed E-state index contributed by atoms with van der Waals surface area (Å²) in [5, 5.41) is 2.77. The molecule has 57 heavy (non-hydrogen) atoms. The number of amides is 4. The average molecular weight is 770 g/mol. The van der Waals surface area contributed by atoms with Gasteiger partial charge in [-0.15, -0.1) is 0 Å². The normalized spacial score (nSPS) is 15.3. The lowest BCUT2D eigenvalue weighted by Gasteiger charge is -2.39. The summed E-state index contributed by atoms with van der Waals surface area (Å²) in [6.07, 6.45) is 3.67. The first-order valence-corrected chi connectivity index (χ1v) is 19.8. The van der Waals surface area contributed by atoms with Gasteiger partial charge in [0.15, 0.2) is 0 Å². The van der Waals surface area contributed by atoms with Crippen molar-refractivity contribution < 1.29 is 19.2 Å². The fourth-order valence-electron chi connectivity index (χ4n) is 7.44. The van der Waals surface area contributed by atoms with Gasteiger partial charge in [0.05, 0.1) is 0 Å². The Labute approximate surface area is 337 Å². The van der Waals surface area contributed by atoms with E-state index in [1.54, 1.807) is 36.1 Å². The second-order valence-corrected chi connectivity index (χ2v) is 15.1. The lowest BCUT2D eigenvalue weighted by Crippen LogP contribution is -2.56. The highest BCUT2D eigenvalue weighted by atomic mass is 16.2. The summed E-state index contributed by atoms with van der Waals surface area (Å²) in [5.41, 5.74) is 6.82. The number of benzene rings is 4. The lowest BCUT2D eigenvalue weighted by molar-refractivity contribution is -0.145. The van der Waals surface area contributed by atoms with E-state index < -0.39 is 6.04 Å². The standard InChI is InChI=1S/C46H55N7O4/c1-35(54)47-41-17-10-37(11-18-41)16-23-45(56)53(34-40-14-21-43(22-15-40)51-30-28-50(29-31-51)36(2)55)44(32-38-8-6-5-7-9-38)46(57)52-26-24-49(25-27-52)33-39-12-19-42(20-13-39)48(3)4/h5-23,44H,24-34H2,1-4H3,(H,47,54). The van der Waals surface area contributed by atoms with Crippen molar-refractivity contribution in [1.82, 2.24) is 19.6 Å². The first kappa shape index (κ1) is 40.7. The number of hydrogen-bond donors (Lipinski definition) is 1. The number of rotatable bonds is 13. The van der Waals surface area contributed by atoms with Crippen LogP contribution in [0.1, 0.15) is 36.1 Å². The molecule has 0 saturated carbocycles. The lowest BCUT2D eigenvalue weighted by atomic mass is 10.0. The predicted octanol–water partition coefficient (Wildman–Crippen LogP) is 5.38. The number of piperazine rings is 2. The van der Waals surface area contributed by atoms with Crippen LogP contribution in [0.2, 0.25) is 0 Å². The van der Waals surface area contributed by atoms with Crippen LogP contribution in [-0.2, 0) is 38.7 Å². The summed E-state index contributed by atoms with van der Waals surface area (Å²) in [6, 6.07) is 33.2. The molecule has 11 nitrogen and oxygen atoms in total. The van der Waals surface area contributed by atoms with Crippen molar-refractivity contribution in [3.05, 3.63) is 131 Å². The van der Waals surface area contributed by atoms with Crippen molar-refractivity contribution in [3.63, 3.8) is 0 Å². The van der Waals surface area contributed by atoms with E-state index in [1.165, 1.54) is 12.5 Å². The number of nitrogens with one attached hydrogen (secondary N) is 1. The Kier molecular flexibility index (Phi) is 13.8. The Morgan fingerprint density at radius 3 is 1.89 bits per heavy atom. The average Bonchev–Trinajstić information content (AvgIpc) is 3.22. The topological polar surface area (TPSA) is 99.7 Å². The molecule has 1 unspecified atom stereocenters. The van der Waals surface area contributed by atoms with E-state index >= 15 is 0 Å². The smallest absolute Gasteiger partial charge is 0.247 e. The Hall–Kier alpha value is -5.94. The highest BCUT2D eigenvalue weighted by Crippen LogP contribution is 2.23. The fourth-order valence-corrected chi connectivity index (χ4v) is 7.44. The van der Waals surface area contributed by atoms with Crippen LogP contribution in [0.4, 0.5) is 17.1 Å². The molecule has 4 amide bonds. The molecule has 2 aliphatic rings. The zero-order chi connectivity index (χ0) is 40.3. The van der Waals surface area contributed by atoms with Crippen molar-refractivity contribution >= 4 is 46.8 Å². The number of carbonyl (C=O) groups excluding carboxylic acids is 4. The van der Waals surface area contributed by atoms with Crippen LogP contribution in [0.25, 0.3) is 6.08 Å². The van der Waals surface area contributed by atoms with Crippen LogP contribution in [-0.4, -0.2) is 116 Å². The Balaban J connectivity index is 1.23. The van der Waals surface area contributed by atoms with Crippen molar-refractivity contribution in [1.29, 1.82) is 0 Å². The molecule has 298 valence electrons. The SMILES string of the molecule is CC(=O)Nc1ccc(C=CC(=O)N(Cc2ccc(N3CCN(C(C)=O)CC3)cc2)C(Cc2ccccc2)C(=O)N2CCN(Cc3ccc(N(C)C)cc3)CC2)cc1. The molecule has 0 bridgehead atoms. The molecule has 4 aromatic rings. The summed E-state index contributed by atoms with van der Waals surface area (Å²) >= 11 is 0. The number of anilines is 3. The van der Waals surface area contributed by atoms with E-state index in [1.807, 2.05) is 78.5 Å². The van der Waals surface area contributed by atoms with Gasteiger partial charge in [-0.3, -0.25) is 24.1 Å². The van der Waals surface area contributed by atoms with Crippen LogP contribution in [0.15, 0.2) is 109 Å². The minimum absolute atomic E-state index is 0.0600. The molecule has 1 N–H and O–H groups in total. The number of nitrogens with zero attached hydrogens (tertiary/aromatic N) is 6. The molecule has 0 spiro atoms. The summed E-state index contributed by atoms with van der Waals surface area (Å²) < 4.78 is 0. The van der Waals surface area contributed by atoms with Gasteiger partial charge in [0.2, 0.25) is 23.6 Å². The van der Waals surface area contributed by atoms with Gasteiger partial charge in [-0.2, -0.15) is 0 Å². The van der Waals surface area contributed by atoms with Crippen molar-refractivity contribution in [3.8, 4) is 0 Å². The summed E-state index contributed by atoms with van der Waals surface area (Å²) in [4.78, 5) is 64.8. The number of hydrogen-bond acceptors (Lipinski definition) is 7. The highest BCUT2D eigenvalue weighted by Gasteiger charge is 2.34. The largest absolute Gasteiger partial charge is 0.378 e. The molecule has 0 aromatic heterocycles. The zero-order valence-electron chi connectivity index (χ0n) is 33.6. The molecule has 2 fully saturated rings. The van der Waals surface area contributed by atoms with Crippen LogP contribution in [0, 0.1) is 0 Å². The molecule has 2 saturated heterocycles. The van der Waals surface area contributed by atoms with Gasteiger partial charge in [0.25, 0.3) is 0 Å². The third-order valence-electron chi connectivity index (χ3n) is 10.8. The summed E-state index contributed by atoms with van der Waals surface area (Å²) in [7, 11) is 4.07. The first-order valence-electron chi connectivity index (χ1n) is 19.8. The molecule has 1 atom stereocenters. The van der Waals surface area contributed by atoms with E-state index in [2.05, 4.69) is 56.4 Å². The Morgan fingerprint density at radius 2 is 1.30 bits per heavy atom. The van der Waals surface area contributed by atoms with Crippen LogP contribution >= 0.6 is 0 Å². The van der Waals surface area contributed by atoms with Crippen LogP contribution in [0.5, 0.6) is 0 Å². The van der Waals surface area contributed by atoms with Crippen LogP contribution in [0.3, 0.4) is 0 Å². The zero-order valence-corrected chi connectivity index (χ0v) is 33.6. The molecular weight excluding hydrogens is 715 g/mol. The van der Waals surface area contributed by atoms with Crippen molar-refractivity contribution in [2.75, 3.05) is 81.6 Å². The maximum atomic E-state index is 14.8. The first-order chi connectivity index (χ1) is 27.5. The Bertz CT molecular complexity index is 1980. The monoisotopic (exact) mass is 769 g/mol. The fraction of sp³-hybridized carbons (Fsp3) is 0.348. The molecule has 2 aliphatic heterocycles. The van der Waals surface area contributed by atoms with Gasteiger partial charge in [0.1, 0.15) is 6.04 Å². The molecule has 0 aliphatic carbocycles. The third-order valence-corrected chi connectivity index (χ3v) is 10.8. The van der Waals surface area contributed by atoms with E-state index in [9.17, 15) is 19.2 Å². The van der Waals surface area contributed by atoms with Crippen LogP contribution < -0.4 is 15.1 Å². The molecule has 6 rings (SSSR count). The van der Waals surface area contributed by atoms with Gasteiger partial charge in [0, 0.05) is 123 Å². The molecule has 11 heteroatoms. The highest BCUT2D eigenvalue weighted by molar-refractivity contribution is 5.96. The maximum absolute atomic E-state index is 14.8. The van der Waals surface area contributed by atoms with Gasteiger partial charge >= 0.3 is 0 Å². The quantitative estimate of drug-likeness (QED) is 0.183. The van der Waals surface area contributed by atoms with Gasteiger partial charge in [-0.1, -0.05) is 66.7 Å². The van der Waals surface area contributed by atoms with Gasteiger partial charge in [-0.05, 0) is 64.7 Å². The van der Waals surface area contributed by atoms with E-state index in [-0.39, 0.29) is 30.2 Å². The van der Waals surface area contributed by atoms with E-state index in [0.29, 0.717) is 38.3 Å². The minimum Gasteiger partial charge on any atom is -0.378 e. The predicted molar refractivity (Wildman–Crippen MR) is 228 cm³/mol. The van der Waals surface area contributed by atoms with Crippen molar-refractivity contribution in [2.24, 2.45) is 0 Å². The summed E-state index contributed by atoms with van der Waals surface area (Å²) in [5.74, 6) is -0.383. The third kappa shape index (κ3) is 11.3. The minimum atomic E-state index is -0.740. The molecule has 4 aromatic carbocycles. The van der Waals surface area contributed by atoms with E-state index in [0.717, 1.165) is 60.8 Å². The molecular formula is C46H55N7O4. The van der Waals surface area contributed by atoms with Gasteiger partial charge in [-0.25, -0.2) is 0 Å². The molecule has 2 heterocycles. The van der Waals surface area contributed by atoms with Crippen molar-refractivity contribution in [2.45, 2.75) is 39.4 Å². The second-order valence-electron chi connectivity index (χ2n) is 15.1. The number of carbonyl (C=O) groups is 4.